The predicted octanol–water partition coefficient (Wildman–Crippen LogP) is 5.86. The van der Waals surface area contributed by atoms with Crippen LogP contribution in [0.2, 0.25) is 5.02 Å². The van der Waals surface area contributed by atoms with E-state index in [0.29, 0.717) is 32.7 Å². The fourth-order valence-electron chi connectivity index (χ4n) is 3.77. The van der Waals surface area contributed by atoms with Gasteiger partial charge in [-0.05, 0) is 60.9 Å². The number of hydrogen-bond donors (Lipinski definition) is 2. The molecule has 1 heterocycles. The van der Waals surface area contributed by atoms with Crippen molar-refractivity contribution in [1.29, 1.82) is 0 Å². The molecule has 2 N–H and O–H groups in total. The fraction of sp³-hybridized carbons (Fsp3) is 0.478. The SMILES string of the molecule is O=[P+](O)OCCCNCc1ccc(SCCCCC2(c3ccccc3F)COC2)c(Cl)c1. The Morgan fingerprint density at radius 3 is 2.72 bits per heavy atom. The summed E-state index contributed by atoms with van der Waals surface area (Å²) in [6.45, 7) is 2.81. The molecule has 0 aliphatic carbocycles. The van der Waals surface area contributed by atoms with Crippen molar-refractivity contribution in [3.8, 4) is 0 Å². The molecule has 1 atom stereocenters. The van der Waals surface area contributed by atoms with Gasteiger partial charge in [-0.15, -0.1) is 21.2 Å². The van der Waals surface area contributed by atoms with E-state index in [2.05, 4.69) is 15.9 Å². The summed E-state index contributed by atoms with van der Waals surface area (Å²) in [7, 11) is -2.52. The summed E-state index contributed by atoms with van der Waals surface area (Å²) in [5.41, 5.74) is 1.69. The molecule has 1 unspecified atom stereocenters. The minimum atomic E-state index is -2.52. The largest absolute Gasteiger partial charge is 0.694 e. The van der Waals surface area contributed by atoms with Crippen LogP contribution < -0.4 is 5.32 Å². The van der Waals surface area contributed by atoms with Crippen LogP contribution >= 0.6 is 31.6 Å². The van der Waals surface area contributed by atoms with Crippen LogP contribution in [0.15, 0.2) is 47.4 Å². The molecule has 2 aromatic carbocycles. The number of hydrogen-bond acceptors (Lipinski definition) is 5. The van der Waals surface area contributed by atoms with Crippen LogP contribution in [0, 0.1) is 5.82 Å². The van der Waals surface area contributed by atoms with Crippen LogP contribution in [-0.2, 0) is 25.8 Å². The maximum atomic E-state index is 14.2. The summed E-state index contributed by atoms with van der Waals surface area (Å²) in [5, 5.41) is 4.01. The number of ether oxygens (including phenoxy) is 1. The van der Waals surface area contributed by atoms with Crippen molar-refractivity contribution < 1.29 is 23.1 Å². The summed E-state index contributed by atoms with van der Waals surface area (Å²) in [6, 6.07) is 13.1. The smallest absolute Gasteiger partial charge is 0.379 e. The first-order chi connectivity index (χ1) is 15.5. The van der Waals surface area contributed by atoms with Crippen molar-refractivity contribution >= 4 is 31.6 Å². The third-order valence-corrected chi connectivity index (χ3v) is 7.52. The van der Waals surface area contributed by atoms with Gasteiger partial charge in [0.15, 0.2) is 0 Å². The van der Waals surface area contributed by atoms with Crippen molar-refractivity contribution in [2.24, 2.45) is 0 Å². The molecule has 0 amide bonds. The molecule has 0 aromatic heterocycles. The quantitative estimate of drug-likeness (QED) is 0.192. The second-order valence-corrected chi connectivity index (χ2v) is 10.2. The zero-order valence-corrected chi connectivity index (χ0v) is 20.4. The second-order valence-electron chi connectivity index (χ2n) is 7.92. The normalized spacial score (nSPS) is 15.4. The number of thioether (sulfide) groups is 1. The molecule has 1 fully saturated rings. The molecule has 9 heteroatoms. The standard InChI is InChI=1S/C23H28ClFNO4PS/c24-20-14-18(15-26-11-5-12-30-31(27)28)8-9-22(20)32-13-4-3-10-23(16-29-17-23)19-6-1-2-7-21(19)25/h1-2,6-9,14,26H,3-5,10-13,15-17H2/p+1. The van der Waals surface area contributed by atoms with Crippen LogP contribution in [0.3, 0.4) is 0 Å². The van der Waals surface area contributed by atoms with Gasteiger partial charge in [-0.2, -0.15) is 0 Å². The first-order valence-corrected chi connectivity index (χ1v) is 13.2. The van der Waals surface area contributed by atoms with Gasteiger partial charge in [-0.1, -0.05) is 42.3 Å². The molecular formula is C23H29ClFNO4PS+. The number of halogens is 2. The van der Waals surface area contributed by atoms with Gasteiger partial charge in [0, 0.05) is 21.4 Å². The summed E-state index contributed by atoms with van der Waals surface area (Å²) in [4.78, 5) is 9.63. The Balaban J connectivity index is 1.36. The van der Waals surface area contributed by atoms with E-state index in [-0.39, 0.29) is 17.8 Å². The van der Waals surface area contributed by atoms with E-state index in [1.165, 1.54) is 6.07 Å². The molecule has 5 nitrogen and oxygen atoms in total. The molecule has 0 bridgehead atoms. The Morgan fingerprint density at radius 2 is 2.03 bits per heavy atom. The van der Waals surface area contributed by atoms with E-state index in [4.69, 9.17) is 21.2 Å². The molecule has 32 heavy (non-hydrogen) atoms. The Bertz CT molecular complexity index is 900. The van der Waals surface area contributed by atoms with Crippen molar-refractivity contribution in [2.45, 2.75) is 42.5 Å². The van der Waals surface area contributed by atoms with Gasteiger partial charge in [0.2, 0.25) is 0 Å². The molecule has 1 aliphatic heterocycles. The highest BCUT2D eigenvalue weighted by Crippen LogP contribution is 2.39. The van der Waals surface area contributed by atoms with Crippen LogP contribution in [0.1, 0.15) is 36.8 Å². The monoisotopic (exact) mass is 500 g/mol. The van der Waals surface area contributed by atoms with Crippen molar-refractivity contribution in [2.75, 3.05) is 32.1 Å². The van der Waals surface area contributed by atoms with Crippen molar-refractivity contribution in [1.82, 2.24) is 5.32 Å². The van der Waals surface area contributed by atoms with Gasteiger partial charge in [0.05, 0.1) is 18.2 Å². The number of benzene rings is 2. The molecule has 1 saturated heterocycles. The highest BCUT2D eigenvalue weighted by Gasteiger charge is 2.41. The number of nitrogens with one attached hydrogen (secondary N) is 1. The average Bonchev–Trinajstić information content (AvgIpc) is 2.74. The Labute approximate surface area is 199 Å². The third-order valence-electron chi connectivity index (χ3n) is 5.53. The lowest BCUT2D eigenvalue weighted by atomic mass is 9.74. The Morgan fingerprint density at radius 1 is 1.22 bits per heavy atom. The van der Waals surface area contributed by atoms with Crippen LogP contribution in [0.25, 0.3) is 0 Å². The first-order valence-electron chi connectivity index (χ1n) is 10.7. The van der Waals surface area contributed by atoms with E-state index >= 15 is 0 Å². The molecule has 0 spiro atoms. The molecule has 0 radical (unpaired) electrons. The van der Waals surface area contributed by atoms with Gasteiger partial charge >= 0.3 is 8.25 Å². The van der Waals surface area contributed by atoms with E-state index in [9.17, 15) is 8.96 Å². The summed E-state index contributed by atoms with van der Waals surface area (Å²) >= 11 is 8.20. The zero-order valence-electron chi connectivity index (χ0n) is 17.9. The van der Waals surface area contributed by atoms with Gasteiger partial charge in [0.25, 0.3) is 0 Å². The van der Waals surface area contributed by atoms with Gasteiger partial charge in [-0.3, -0.25) is 0 Å². The fourth-order valence-corrected chi connectivity index (χ4v) is 5.35. The Hall–Kier alpha value is -1.05. The van der Waals surface area contributed by atoms with E-state index in [1.807, 2.05) is 24.3 Å². The van der Waals surface area contributed by atoms with E-state index in [0.717, 1.165) is 46.1 Å². The van der Waals surface area contributed by atoms with Crippen LogP contribution in [0.4, 0.5) is 4.39 Å². The molecule has 1 aliphatic rings. The minimum absolute atomic E-state index is 0.137. The molecular weight excluding hydrogens is 472 g/mol. The summed E-state index contributed by atoms with van der Waals surface area (Å²) in [6.07, 6.45) is 3.63. The summed E-state index contributed by atoms with van der Waals surface area (Å²) < 4.78 is 34.7. The zero-order chi connectivity index (χ0) is 22.8. The molecule has 3 rings (SSSR count). The number of unbranched alkanes of at least 4 members (excludes halogenated alkanes) is 1. The maximum absolute atomic E-state index is 14.2. The van der Waals surface area contributed by atoms with E-state index < -0.39 is 8.25 Å². The van der Waals surface area contributed by atoms with Crippen LogP contribution in [0.5, 0.6) is 0 Å². The highest BCUT2D eigenvalue weighted by molar-refractivity contribution is 7.99. The van der Waals surface area contributed by atoms with Crippen molar-refractivity contribution in [3.63, 3.8) is 0 Å². The molecule has 174 valence electrons. The lowest BCUT2D eigenvalue weighted by Gasteiger charge is -2.42. The maximum Gasteiger partial charge on any atom is 0.694 e. The second kappa shape index (κ2) is 13.0. The van der Waals surface area contributed by atoms with E-state index in [1.54, 1.807) is 17.8 Å². The highest BCUT2D eigenvalue weighted by atomic mass is 35.5. The van der Waals surface area contributed by atoms with Crippen LogP contribution in [-0.4, -0.2) is 37.0 Å². The third kappa shape index (κ3) is 7.49. The average molecular weight is 501 g/mol. The molecule has 2 aromatic rings. The van der Waals surface area contributed by atoms with Gasteiger partial charge < -0.3 is 10.1 Å². The topological polar surface area (TPSA) is 67.8 Å². The summed E-state index contributed by atoms with van der Waals surface area (Å²) in [5.74, 6) is 0.820. The Kier molecular flexibility index (Phi) is 10.4. The predicted molar refractivity (Wildman–Crippen MR) is 127 cm³/mol. The molecule has 0 saturated carbocycles. The lowest BCUT2D eigenvalue weighted by molar-refractivity contribution is -0.0668. The minimum Gasteiger partial charge on any atom is -0.379 e. The van der Waals surface area contributed by atoms with Gasteiger partial charge in [0.1, 0.15) is 12.4 Å². The van der Waals surface area contributed by atoms with Gasteiger partial charge in [-0.25, -0.2) is 4.39 Å². The lowest BCUT2D eigenvalue weighted by Crippen LogP contribution is -2.47. The number of rotatable bonds is 14. The first kappa shape index (κ1) is 25.6. The van der Waals surface area contributed by atoms with Crippen molar-refractivity contribution in [3.05, 3.63) is 64.4 Å².